The minimum Gasteiger partial charge on any atom is -0.459 e. The van der Waals surface area contributed by atoms with Gasteiger partial charge < -0.3 is 25.2 Å². The number of carbonyl (C=O) groups excluding carboxylic acids is 3. The molecular formula is C37H58N4O7. The molecule has 2 fully saturated rings. The first-order valence-corrected chi connectivity index (χ1v) is 17.3. The van der Waals surface area contributed by atoms with Crippen molar-refractivity contribution in [3.05, 3.63) is 23.9 Å². The second kappa shape index (κ2) is 15.6. The summed E-state index contributed by atoms with van der Waals surface area (Å²) in [7, 11) is 0. The van der Waals surface area contributed by atoms with E-state index >= 15 is 0 Å². The van der Waals surface area contributed by atoms with Gasteiger partial charge in [-0.25, -0.2) is 9.98 Å². The van der Waals surface area contributed by atoms with Crippen LogP contribution in [0.2, 0.25) is 0 Å². The Kier molecular flexibility index (Phi) is 12.7. The molecule has 1 aromatic rings. The molecule has 268 valence electrons. The summed E-state index contributed by atoms with van der Waals surface area (Å²) in [5.41, 5.74) is 4.79. The lowest BCUT2D eigenvalue weighted by Gasteiger charge is -2.49. The quantitative estimate of drug-likeness (QED) is 0.224. The highest BCUT2D eigenvalue weighted by molar-refractivity contribution is 6.00. The van der Waals surface area contributed by atoms with E-state index < -0.39 is 46.4 Å². The van der Waals surface area contributed by atoms with Gasteiger partial charge in [0.1, 0.15) is 29.2 Å². The fraction of sp³-hybridized carbons (Fsp3) is 0.730. The molecule has 0 radical (unpaired) electrons. The molecule has 1 aromatic heterocycles. The lowest BCUT2D eigenvalue weighted by molar-refractivity contribution is -0.180. The van der Waals surface area contributed by atoms with Gasteiger partial charge in [0.25, 0.3) is 0 Å². The largest absolute Gasteiger partial charge is 0.459 e. The number of fused-ring (bicyclic) bond motifs is 5. The molecule has 11 nitrogen and oxygen atoms in total. The SMILES string of the molecule is CC[C@H]1OC(=O)[C@H](C)C(=O)[C@H](C)[C@@H](C(C)(C)C)[C@@]2(C)C[C@@H](C)C(=NC(C)=O)[C@H](C)[C@@H](CC/C(=N\OCc3cccc(N)n3)CO2)[C@]1(C)O. The molecule has 0 spiro atoms. The van der Waals surface area contributed by atoms with Gasteiger partial charge in [-0.15, -0.1) is 0 Å². The van der Waals surface area contributed by atoms with Gasteiger partial charge in [-0.1, -0.05) is 59.7 Å². The summed E-state index contributed by atoms with van der Waals surface area (Å²) in [5.74, 6) is -4.06. The van der Waals surface area contributed by atoms with E-state index in [0.717, 1.165) is 0 Å². The third-order valence-electron chi connectivity index (χ3n) is 10.5. The van der Waals surface area contributed by atoms with Crippen LogP contribution in [-0.2, 0) is 35.3 Å². The third kappa shape index (κ3) is 9.08. The summed E-state index contributed by atoms with van der Waals surface area (Å²) < 4.78 is 12.9. The van der Waals surface area contributed by atoms with E-state index in [1.54, 1.807) is 32.0 Å². The lowest BCUT2D eigenvalue weighted by atomic mass is 9.60. The molecule has 3 heterocycles. The smallest absolute Gasteiger partial charge is 0.316 e. The Labute approximate surface area is 286 Å². The highest BCUT2D eigenvalue weighted by Crippen LogP contribution is 2.48. The highest BCUT2D eigenvalue weighted by atomic mass is 16.6. The number of aliphatic hydroxyl groups is 1. The van der Waals surface area contributed by atoms with Gasteiger partial charge in [0.05, 0.1) is 23.6 Å². The van der Waals surface area contributed by atoms with Crippen molar-refractivity contribution in [2.24, 2.45) is 51.1 Å². The van der Waals surface area contributed by atoms with E-state index in [2.05, 4.69) is 35.9 Å². The second-order valence-electron chi connectivity index (χ2n) is 15.5. The van der Waals surface area contributed by atoms with Gasteiger partial charge in [0.15, 0.2) is 6.61 Å². The number of ketones is 1. The summed E-state index contributed by atoms with van der Waals surface area (Å²) in [5, 5.41) is 16.9. The maximum absolute atomic E-state index is 14.1. The van der Waals surface area contributed by atoms with Crippen molar-refractivity contribution in [3.63, 3.8) is 0 Å². The van der Waals surface area contributed by atoms with Gasteiger partial charge >= 0.3 is 5.97 Å². The van der Waals surface area contributed by atoms with Crippen molar-refractivity contribution in [2.45, 2.75) is 126 Å². The van der Waals surface area contributed by atoms with Crippen molar-refractivity contribution < 1.29 is 33.8 Å². The van der Waals surface area contributed by atoms with Gasteiger partial charge in [0, 0.05) is 30.4 Å². The van der Waals surface area contributed by atoms with E-state index in [1.165, 1.54) is 6.92 Å². The molecule has 11 heteroatoms. The van der Waals surface area contributed by atoms with Crippen LogP contribution in [0, 0.1) is 40.9 Å². The Morgan fingerprint density at radius 2 is 1.81 bits per heavy atom. The fourth-order valence-corrected chi connectivity index (χ4v) is 8.53. The first-order chi connectivity index (χ1) is 22.2. The average Bonchev–Trinajstić information content (AvgIpc) is 2.99. The van der Waals surface area contributed by atoms with Gasteiger partial charge in [-0.05, 0) is 75.8 Å². The van der Waals surface area contributed by atoms with Crippen LogP contribution in [0.25, 0.3) is 0 Å². The van der Waals surface area contributed by atoms with E-state index in [1.807, 2.05) is 34.6 Å². The second-order valence-corrected chi connectivity index (χ2v) is 15.5. The summed E-state index contributed by atoms with van der Waals surface area (Å²) in [6.45, 7) is 20.8. The predicted molar refractivity (Wildman–Crippen MR) is 186 cm³/mol. The number of cyclic esters (lactones) is 1. The number of nitrogens with zero attached hydrogens (tertiary/aromatic N) is 3. The van der Waals surface area contributed by atoms with E-state index in [-0.39, 0.29) is 42.7 Å². The number of oxime groups is 1. The number of amides is 1. The Morgan fingerprint density at radius 1 is 1.15 bits per heavy atom. The van der Waals surface area contributed by atoms with E-state index in [9.17, 15) is 19.5 Å². The van der Waals surface area contributed by atoms with E-state index in [4.69, 9.17) is 20.0 Å². The Balaban J connectivity index is 2.30. The number of carbonyl (C=O) groups is 3. The minimum atomic E-state index is -1.55. The zero-order valence-electron chi connectivity index (χ0n) is 30.8. The molecule has 1 amide bonds. The van der Waals surface area contributed by atoms with Crippen molar-refractivity contribution in [1.29, 1.82) is 0 Å². The van der Waals surface area contributed by atoms with Crippen molar-refractivity contribution in [1.82, 2.24) is 4.98 Å². The van der Waals surface area contributed by atoms with Crippen LogP contribution in [0.4, 0.5) is 5.82 Å². The third-order valence-corrected chi connectivity index (χ3v) is 10.5. The van der Waals surface area contributed by atoms with Gasteiger partial charge in [-0.2, -0.15) is 0 Å². The monoisotopic (exact) mass is 670 g/mol. The number of hydrogen-bond acceptors (Lipinski definition) is 10. The van der Waals surface area contributed by atoms with Crippen LogP contribution in [-0.4, -0.2) is 63.1 Å². The maximum atomic E-state index is 14.1. The molecule has 2 saturated heterocycles. The summed E-state index contributed by atoms with van der Waals surface area (Å²) in [6, 6.07) is 5.29. The Morgan fingerprint density at radius 3 is 2.40 bits per heavy atom. The predicted octanol–water partition coefficient (Wildman–Crippen LogP) is 5.96. The average molecular weight is 671 g/mol. The van der Waals surface area contributed by atoms with E-state index in [0.29, 0.717) is 48.6 Å². The van der Waals surface area contributed by atoms with Gasteiger partial charge in [-0.3, -0.25) is 14.4 Å². The molecule has 0 unspecified atom stereocenters. The van der Waals surface area contributed by atoms with Crippen molar-refractivity contribution >= 4 is 34.9 Å². The number of hydrogen-bond donors (Lipinski definition) is 2. The van der Waals surface area contributed by atoms with Crippen LogP contribution >= 0.6 is 0 Å². The Hall–Kier alpha value is -3.18. The molecule has 2 bridgehead atoms. The number of nitrogens with two attached hydrogens (primary N) is 1. The molecule has 0 aliphatic carbocycles. The summed E-state index contributed by atoms with van der Waals surface area (Å²) >= 11 is 0. The van der Waals surface area contributed by atoms with Crippen LogP contribution in [0.1, 0.15) is 108 Å². The number of anilines is 1. The summed E-state index contributed by atoms with van der Waals surface area (Å²) in [6.07, 6.45) is 0.600. The summed E-state index contributed by atoms with van der Waals surface area (Å²) in [4.78, 5) is 55.0. The molecule has 0 aromatic carbocycles. The molecule has 3 rings (SSSR count). The molecule has 3 N–H and O–H groups in total. The van der Waals surface area contributed by atoms with Crippen LogP contribution < -0.4 is 5.73 Å². The molecule has 9 atom stereocenters. The van der Waals surface area contributed by atoms with Crippen LogP contribution in [0.3, 0.4) is 0 Å². The number of rotatable bonds is 4. The van der Waals surface area contributed by atoms with Crippen molar-refractivity contribution in [3.8, 4) is 0 Å². The molecular weight excluding hydrogens is 612 g/mol. The normalized spacial score (nSPS) is 36.1. The minimum absolute atomic E-state index is 0.0949. The number of esters is 1. The van der Waals surface area contributed by atoms with Crippen LogP contribution in [0.15, 0.2) is 28.3 Å². The number of pyridine rings is 1. The van der Waals surface area contributed by atoms with Crippen molar-refractivity contribution in [2.75, 3.05) is 12.3 Å². The maximum Gasteiger partial charge on any atom is 0.316 e. The van der Waals surface area contributed by atoms with Gasteiger partial charge in [0.2, 0.25) is 5.91 Å². The topological polar surface area (TPSA) is 163 Å². The standard InChI is InChI=1S/C37H58N4O7/c1-12-29-37(11,45)28-17-16-27(41-47-20-26-14-13-15-30(38)40-26)19-46-36(10,18-21(2)31(22(28)3)39-25(6)42)33(35(7,8)9)23(4)32(43)24(5)34(44)48-29/h13-15,21-24,28-29,33,45H,12,16-20H2,1-11H3,(H2,38,40)/b39-31?,41-27+/t21-,22-,23+,24-,28-,29-,33+,36-,37+/m1/s1. The number of Topliss-reactive ketones (excluding diaryl/α,β-unsaturated/α-hetero) is 1. The zero-order valence-corrected chi connectivity index (χ0v) is 30.8. The molecule has 2 aliphatic rings. The first kappa shape index (κ1) is 39.3. The van der Waals surface area contributed by atoms with Crippen LogP contribution in [0.5, 0.6) is 0 Å². The number of aliphatic imine (C=N–C) groups is 1. The first-order valence-electron chi connectivity index (χ1n) is 17.3. The lowest BCUT2D eigenvalue weighted by Crippen LogP contribution is -2.55. The highest BCUT2D eigenvalue weighted by Gasteiger charge is 2.52. The number of ether oxygens (including phenoxy) is 2. The zero-order chi connectivity index (χ0) is 36.2. The number of aromatic nitrogens is 1. The number of nitrogen functional groups attached to an aromatic ring is 1. The fourth-order valence-electron chi connectivity index (χ4n) is 8.53. The molecule has 0 saturated carbocycles. The molecule has 2 aliphatic heterocycles. The Bertz CT molecular complexity index is 1380. The molecule has 48 heavy (non-hydrogen) atoms.